The van der Waals surface area contributed by atoms with Gasteiger partial charge >= 0.3 is 11.9 Å². The number of esters is 2. The molecule has 4 aromatic rings. The molecule has 0 aromatic heterocycles. The molecule has 0 heterocycles. The van der Waals surface area contributed by atoms with Crippen molar-refractivity contribution in [2.24, 2.45) is 0 Å². The van der Waals surface area contributed by atoms with Gasteiger partial charge in [-0.15, -0.1) is 0 Å². The first-order valence-corrected chi connectivity index (χ1v) is 12.2. The molecular weight excluding hydrogens is 424 g/mol. The standard InChI is InChI=1S/C30H32O4/c1-21(2)30(32)34-20-6-4-3-5-19-33-27(31)12-8-9-22-13-14-25-16-15-23-10-7-11-24-17-18-26(22)29(25)28(23)24/h7,10-11,13-18H,1,3-6,8-9,12,19-20H2,2H3. The van der Waals surface area contributed by atoms with Crippen LogP contribution >= 0.6 is 0 Å². The van der Waals surface area contributed by atoms with Crippen molar-refractivity contribution in [2.75, 3.05) is 13.2 Å². The van der Waals surface area contributed by atoms with Crippen LogP contribution in [0, 0.1) is 0 Å². The molecular formula is C30H32O4. The molecule has 4 rings (SSSR count). The average Bonchev–Trinajstić information content (AvgIpc) is 2.84. The van der Waals surface area contributed by atoms with Crippen molar-refractivity contribution in [3.05, 3.63) is 72.3 Å². The highest BCUT2D eigenvalue weighted by atomic mass is 16.5. The van der Waals surface area contributed by atoms with Crippen LogP contribution in [0.3, 0.4) is 0 Å². The molecule has 0 fully saturated rings. The molecule has 0 atom stereocenters. The van der Waals surface area contributed by atoms with E-state index in [0.717, 1.165) is 38.5 Å². The number of hydrogen-bond donors (Lipinski definition) is 0. The van der Waals surface area contributed by atoms with Gasteiger partial charge in [-0.2, -0.15) is 0 Å². The third-order valence-corrected chi connectivity index (χ3v) is 6.33. The Balaban J connectivity index is 1.20. The largest absolute Gasteiger partial charge is 0.466 e. The first-order chi connectivity index (χ1) is 16.5. The summed E-state index contributed by atoms with van der Waals surface area (Å²) in [6.45, 7) is 6.06. The third kappa shape index (κ3) is 5.56. The Labute approximate surface area is 200 Å². The zero-order chi connectivity index (χ0) is 23.9. The normalized spacial score (nSPS) is 11.3. The van der Waals surface area contributed by atoms with Gasteiger partial charge in [0, 0.05) is 12.0 Å². The number of unbranched alkanes of at least 4 members (excludes halogenated alkanes) is 3. The molecule has 0 unspecified atom stereocenters. The van der Waals surface area contributed by atoms with E-state index in [4.69, 9.17) is 9.47 Å². The van der Waals surface area contributed by atoms with Crippen LogP contribution < -0.4 is 0 Å². The van der Waals surface area contributed by atoms with E-state index in [-0.39, 0.29) is 11.9 Å². The second kappa shape index (κ2) is 11.1. The van der Waals surface area contributed by atoms with Crippen molar-refractivity contribution in [1.29, 1.82) is 0 Å². The molecule has 176 valence electrons. The zero-order valence-corrected chi connectivity index (χ0v) is 19.9. The Morgan fingerprint density at radius 3 is 2.06 bits per heavy atom. The minimum absolute atomic E-state index is 0.131. The van der Waals surface area contributed by atoms with Gasteiger partial charge in [-0.25, -0.2) is 4.79 Å². The van der Waals surface area contributed by atoms with E-state index in [9.17, 15) is 9.59 Å². The fraction of sp³-hybridized carbons (Fsp3) is 0.333. The summed E-state index contributed by atoms with van der Waals surface area (Å²) in [5.74, 6) is -0.468. The van der Waals surface area contributed by atoms with Gasteiger partial charge < -0.3 is 9.47 Å². The van der Waals surface area contributed by atoms with Crippen molar-refractivity contribution in [2.45, 2.75) is 51.9 Å². The van der Waals surface area contributed by atoms with E-state index in [0.29, 0.717) is 25.2 Å². The number of carbonyl (C=O) groups excluding carboxylic acids is 2. The van der Waals surface area contributed by atoms with Crippen LogP contribution in [-0.2, 0) is 25.5 Å². The molecule has 0 saturated carbocycles. The molecule has 0 saturated heterocycles. The second-order valence-corrected chi connectivity index (χ2v) is 8.99. The highest BCUT2D eigenvalue weighted by Crippen LogP contribution is 2.36. The Kier molecular flexibility index (Phi) is 7.79. The van der Waals surface area contributed by atoms with Crippen LogP contribution in [0.15, 0.2) is 66.7 Å². The van der Waals surface area contributed by atoms with Crippen LogP contribution in [0.1, 0.15) is 51.0 Å². The first-order valence-electron chi connectivity index (χ1n) is 12.2. The van der Waals surface area contributed by atoms with Crippen molar-refractivity contribution in [3.8, 4) is 0 Å². The molecule has 0 aliphatic carbocycles. The number of rotatable bonds is 12. The van der Waals surface area contributed by atoms with Crippen LogP contribution in [0.2, 0.25) is 0 Å². The van der Waals surface area contributed by atoms with E-state index in [2.05, 4.69) is 61.2 Å². The fourth-order valence-electron chi connectivity index (χ4n) is 4.54. The Bertz CT molecular complexity index is 1290. The molecule has 34 heavy (non-hydrogen) atoms. The zero-order valence-electron chi connectivity index (χ0n) is 19.9. The van der Waals surface area contributed by atoms with Crippen molar-refractivity contribution >= 4 is 44.3 Å². The number of ether oxygens (including phenoxy) is 2. The maximum Gasteiger partial charge on any atom is 0.333 e. The molecule has 0 aliphatic heterocycles. The molecule has 0 spiro atoms. The average molecular weight is 457 g/mol. The first kappa shape index (κ1) is 23.7. The molecule has 0 radical (unpaired) electrons. The summed E-state index contributed by atoms with van der Waals surface area (Å²) < 4.78 is 10.5. The van der Waals surface area contributed by atoms with Gasteiger partial charge in [0.2, 0.25) is 0 Å². The van der Waals surface area contributed by atoms with Crippen LogP contribution in [0.25, 0.3) is 32.3 Å². The minimum atomic E-state index is -0.337. The fourth-order valence-corrected chi connectivity index (χ4v) is 4.54. The topological polar surface area (TPSA) is 52.6 Å². The van der Waals surface area contributed by atoms with E-state index < -0.39 is 0 Å². The second-order valence-electron chi connectivity index (χ2n) is 8.99. The molecule has 4 heteroatoms. The smallest absolute Gasteiger partial charge is 0.333 e. The SMILES string of the molecule is C=C(C)C(=O)OCCCCCCOC(=O)CCCc1ccc2ccc3cccc4ccc1c2c34. The lowest BCUT2D eigenvalue weighted by atomic mass is 9.90. The molecule has 0 N–H and O–H groups in total. The molecule has 0 bridgehead atoms. The summed E-state index contributed by atoms with van der Waals surface area (Å²) in [4.78, 5) is 23.5. The third-order valence-electron chi connectivity index (χ3n) is 6.33. The number of hydrogen-bond acceptors (Lipinski definition) is 4. The summed E-state index contributed by atoms with van der Waals surface area (Å²) in [5, 5.41) is 7.73. The molecule has 0 aliphatic rings. The van der Waals surface area contributed by atoms with Gasteiger partial charge in [0.1, 0.15) is 0 Å². The summed E-state index contributed by atoms with van der Waals surface area (Å²) in [5.41, 5.74) is 1.71. The Morgan fingerprint density at radius 1 is 0.735 bits per heavy atom. The molecule has 0 amide bonds. The summed E-state index contributed by atoms with van der Waals surface area (Å²) in [7, 11) is 0. The quantitative estimate of drug-likeness (QED) is 0.0985. The van der Waals surface area contributed by atoms with Crippen molar-refractivity contribution in [3.63, 3.8) is 0 Å². The van der Waals surface area contributed by atoms with Crippen LogP contribution in [0.4, 0.5) is 0 Å². The molecule has 4 aromatic carbocycles. The van der Waals surface area contributed by atoms with Gasteiger partial charge in [0.25, 0.3) is 0 Å². The molecule has 4 nitrogen and oxygen atoms in total. The van der Waals surface area contributed by atoms with Gasteiger partial charge in [-0.05, 0) is 83.3 Å². The Hall–Kier alpha value is -3.40. The van der Waals surface area contributed by atoms with Crippen molar-refractivity contribution in [1.82, 2.24) is 0 Å². The maximum atomic E-state index is 12.2. The number of aryl methyl sites for hydroxylation is 1. The number of carbonyl (C=O) groups is 2. The van der Waals surface area contributed by atoms with E-state index in [1.807, 2.05) is 0 Å². The highest BCUT2D eigenvalue weighted by Gasteiger charge is 2.11. The minimum Gasteiger partial charge on any atom is -0.466 e. The van der Waals surface area contributed by atoms with E-state index in [1.165, 1.54) is 37.9 Å². The monoisotopic (exact) mass is 456 g/mol. The maximum absolute atomic E-state index is 12.2. The van der Waals surface area contributed by atoms with Gasteiger partial charge in [0.05, 0.1) is 13.2 Å². The van der Waals surface area contributed by atoms with Gasteiger partial charge in [0.15, 0.2) is 0 Å². The summed E-state index contributed by atoms with van der Waals surface area (Å²) >= 11 is 0. The van der Waals surface area contributed by atoms with E-state index in [1.54, 1.807) is 6.92 Å². The predicted octanol–water partition coefficient (Wildman–Crippen LogP) is 7.13. The lowest BCUT2D eigenvalue weighted by Gasteiger charge is -2.14. The lowest BCUT2D eigenvalue weighted by Crippen LogP contribution is -2.07. The summed E-state index contributed by atoms with van der Waals surface area (Å²) in [6, 6.07) is 19.6. The van der Waals surface area contributed by atoms with Crippen molar-refractivity contribution < 1.29 is 19.1 Å². The van der Waals surface area contributed by atoms with E-state index >= 15 is 0 Å². The van der Waals surface area contributed by atoms with Crippen LogP contribution in [-0.4, -0.2) is 25.2 Å². The van der Waals surface area contributed by atoms with Gasteiger partial charge in [-0.3, -0.25) is 4.79 Å². The highest BCUT2D eigenvalue weighted by molar-refractivity contribution is 6.23. The summed E-state index contributed by atoms with van der Waals surface area (Å²) in [6.07, 6.45) is 5.58. The number of benzene rings is 4. The predicted molar refractivity (Wildman–Crippen MR) is 138 cm³/mol. The van der Waals surface area contributed by atoms with Crippen LogP contribution in [0.5, 0.6) is 0 Å². The lowest BCUT2D eigenvalue weighted by molar-refractivity contribution is -0.144. The van der Waals surface area contributed by atoms with Gasteiger partial charge in [-0.1, -0.05) is 61.2 Å². The Morgan fingerprint density at radius 2 is 1.35 bits per heavy atom.